The number of hydrogen-bond acceptors (Lipinski definition) is 0. The van der Waals surface area contributed by atoms with Crippen LogP contribution in [-0.2, 0) is 61.7 Å². The lowest BCUT2D eigenvalue weighted by atomic mass is 9.55. The molecule has 4 atom stereocenters. The van der Waals surface area contributed by atoms with Crippen molar-refractivity contribution >= 4 is 18.5 Å². The van der Waals surface area contributed by atoms with Gasteiger partial charge in [-0.1, -0.05) is 180 Å². The summed E-state index contributed by atoms with van der Waals surface area (Å²) in [5.41, 5.74) is 18.2. The maximum Gasteiger partial charge on any atom is 0.0375 e. The fourth-order valence-electron chi connectivity index (χ4n) is 10.2. The van der Waals surface area contributed by atoms with E-state index in [0.29, 0.717) is 11.8 Å². The van der Waals surface area contributed by atoms with Crippen LogP contribution in [0.15, 0.2) is 72.8 Å². The van der Waals surface area contributed by atoms with Crippen molar-refractivity contribution in [1.82, 2.24) is 0 Å². The van der Waals surface area contributed by atoms with Gasteiger partial charge in [0, 0.05) is 10.3 Å². The average molecular weight is 789 g/mol. The summed E-state index contributed by atoms with van der Waals surface area (Å²) >= 11 is 0. The second-order valence-electron chi connectivity index (χ2n) is 17.7. The van der Waals surface area contributed by atoms with Crippen molar-refractivity contribution in [3.05, 3.63) is 140 Å². The normalized spacial score (nSPS) is 16.0. The molecule has 0 nitrogen and oxygen atoms in total. The molecule has 304 valence electrons. The summed E-state index contributed by atoms with van der Waals surface area (Å²) in [5.74, 6) is 0.910. The predicted molar refractivity (Wildman–Crippen MR) is 255 cm³/mol. The van der Waals surface area contributed by atoms with Crippen LogP contribution in [0, 0.1) is 11.8 Å². The fraction of sp³-hybridized carbons (Fsp3) is 0.556. The van der Waals surface area contributed by atoms with Gasteiger partial charge in [-0.25, -0.2) is 0 Å². The molecule has 1 aliphatic rings. The van der Waals surface area contributed by atoms with Crippen molar-refractivity contribution in [2.24, 2.45) is 11.8 Å². The highest BCUT2D eigenvalue weighted by Gasteiger charge is 2.55. The Hall–Kier alpha value is -2.26. The molecule has 0 bridgehead atoms. The third-order valence-electron chi connectivity index (χ3n) is 12.9. The Labute approximate surface area is 349 Å². The van der Waals surface area contributed by atoms with Crippen molar-refractivity contribution in [3.63, 3.8) is 0 Å². The molecule has 1 saturated carbocycles. The lowest BCUT2D eigenvalue weighted by molar-refractivity contribution is 0.109. The first-order chi connectivity index (χ1) is 27.1. The minimum Gasteiger partial charge on any atom is -0.121 e. The highest BCUT2D eigenvalue weighted by atomic mass is 31.0. The standard InChI is InChI=1S/C54H78P2/c1-9-17-39-27-40(18-10-2)32-47(31-39)53(55,48-33-41(19-11-3)28-42(34-48)20-12-4)51-25-26-52(51)54(56,49-35-43(21-13-5)29-44(36-49)22-14-6)50-37-45(23-15-7)30-46(38-50)24-16-8/h27-38,51-52H,9-26,55-56H2,1-8H3. The molecular formula is C54H78P2. The van der Waals surface area contributed by atoms with Crippen LogP contribution in [0.1, 0.15) is 186 Å². The summed E-state index contributed by atoms with van der Waals surface area (Å²) in [6.45, 7) is 18.7. The van der Waals surface area contributed by atoms with Gasteiger partial charge in [0.1, 0.15) is 0 Å². The Kier molecular flexibility index (Phi) is 16.9. The van der Waals surface area contributed by atoms with E-state index in [-0.39, 0.29) is 10.3 Å². The monoisotopic (exact) mass is 789 g/mol. The maximum absolute atomic E-state index is 3.64. The predicted octanol–water partition coefficient (Wildman–Crippen LogP) is 15.3. The molecule has 0 aliphatic heterocycles. The van der Waals surface area contributed by atoms with Crippen LogP contribution in [-0.4, -0.2) is 0 Å². The van der Waals surface area contributed by atoms with Crippen LogP contribution < -0.4 is 0 Å². The van der Waals surface area contributed by atoms with Crippen molar-refractivity contribution in [1.29, 1.82) is 0 Å². The molecule has 0 aromatic heterocycles. The Bertz CT molecular complexity index is 1500. The van der Waals surface area contributed by atoms with Crippen molar-refractivity contribution in [2.75, 3.05) is 0 Å². The number of aryl methyl sites for hydroxylation is 8. The van der Waals surface area contributed by atoms with E-state index in [1.807, 2.05) is 0 Å². The molecule has 0 N–H and O–H groups in total. The van der Waals surface area contributed by atoms with Crippen LogP contribution in [0.4, 0.5) is 0 Å². The van der Waals surface area contributed by atoms with E-state index in [0.717, 1.165) is 51.4 Å². The molecule has 0 spiro atoms. The quantitative estimate of drug-likeness (QED) is 0.0696. The van der Waals surface area contributed by atoms with Crippen LogP contribution in [0.2, 0.25) is 0 Å². The summed E-state index contributed by atoms with van der Waals surface area (Å²) < 4.78 is 0. The highest BCUT2D eigenvalue weighted by molar-refractivity contribution is 7.19. The zero-order valence-electron chi connectivity index (χ0n) is 37.0. The van der Waals surface area contributed by atoms with Crippen LogP contribution in [0.5, 0.6) is 0 Å². The molecule has 0 radical (unpaired) electrons. The number of benzene rings is 4. The summed E-state index contributed by atoms with van der Waals surface area (Å²) in [5, 5.41) is -0.409. The first-order valence-corrected chi connectivity index (χ1v) is 24.4. The number of hydrogen-bond donors (Lipinski definition) is 0. The lowest BCUT2D eigenvalue weighted by Crippen LogP contribution is -2.50. The van der Waals surface area contributed by atoms with Gasteiger partial charge in [-0.05, 0) is 143 Å². The SMILES string of the molecule is CCCc1cc(CCC)cc(C(P)(c2cc(CCC)cc(CCC)c2)C2CCC2C(P)(c2cc(CCC)cc(CCC)c2)c2cc(CCC)cc(CCC)c2)c1. The molecule has 5 rings (SSSR count). The summed E-state index contributed by atoms with van der Waals surface area (Å²) in [7, 11) is 7.29. The molecule has 1 fully saturated rings. The van der Waals surface area contributed by atoms with Gasteiger partial charge in [-0.3, -0.25) is 0 Å². The van der Waals surface area contributed by atoms with Gasteiger partial charge in [0.2, 0.25) is 0 Å². The second-order valence-corrected chi connectivity index (χ2v) is 19.5. The van der Waals surface area contributed by atoms with E-state index in [1.54, 1.807) is 0 Å². The Morgan fingerprint density at radius 1 is 0.321 bits per heavy atom. The van der Waals surface area contributed by atoms with E-state index < -0.39 is 0 Å². The van der Waals surface area contributed by atoms with Crippen LogP contribution in [0.3, 0.4) is 0 Å². The van der Waals surface area contributed by atoms with E-state index in [4.69, 9.17) is 0 Å². The minimum atomic E-state index is -0.205. The average Bonchev–Trinajstić information content (AvgIpc) is 3.15. The second kappa shape index (κ2) is 21.1. The number of rotatable bonds is 22. The zero-order chi connectivity index (χ0) is 40.3. The van der Waals surface area contributed by atoms with E-state index in [9.17, 15) is 0 Å². The van der Waals surface area contributed by atoms with Gasteiger partial charge in [0.25, 0.3) is 0 Å². The molecule has 0 amide bonds. The van der Waals surface area contributed by atoms with Gasteiger partial charge < -0.3 is 0 Å². The van der Waals surface area contributed by atoms with Crippen molar-refractivity contribution < 1.29 is 0 Å². The molecule has 4 aromatic carbocycles. The molecule has 2 heteroatoms. The minimum absolute atomic E-state index is 0.205. The molecule has 0 heterocycles. The molecule has 4 unspecified atom stereocenters. The Balaban J connectivity index is 1.84. The molecule has 0 saturated heterocycles. The van der Waals surface area contributed by atoms with Crippen molar-refractivity contribution in [3.8, 4) is 0 Å². The lowest BCUT2D eigenvalue weighted by Gasteiger charge is -2.56. The topological polar surface area (TPSA) is 0 Å². The maximum atomic E-state index is 3.64. The Morgan fingerprint density at radius 3 is 0.607 bits per heavy atom. The molecule has 1 aliphatic carbocycles. The van der Waals surface area contributed by atoms with Crippen LogP contribution >= 0.6 is 18.5 Å². The van der Waals surface area contributed by atoms with Crippen LogP contribution in [0.25, 0.3) is 0 Å². The first-order valence-electron chi connectivity index (χ1n) is 23.2. The van der Waals surface area contributed by atoms with E-state index in [2.05, 4.69) is 147 Å². The Morgan fingerprint density at radius 2 is 0.482 bits per heavy atom. The third-order valence-corrected chi connectivity index (χ3v) is 15.1. The zero-order valence-corrected chi connectivity index (χ0v) is 39.3. The van der Waals surface area contributed by atoms with Crippen molar-refractivity contribution in [2.45, 2.75) is 181 Å². The van der Waals surface area contributed by atoms with E-state index in [1.165, 1.54) is 131 Å². The van der Waals surface area contributed by atoms with Gasteiger partial charge in [0.05, 0.1) is 0 Å². The van der Waals surface area contributed by atoms with E-state index >= 15 is 0 Å². The summed E-state index contributed by atoms with van der Waals surface area (Å²) in [6.07, 6.45) is 21.0. The summed E-state index contributed by atoms with van der Waals surface area (Å²) in [6, 6.07) is 31.1. The van der Waals surface area contributed by atoms with Gasteiger partial charge in [-0.2, -0.15) is 0 Å². The largest absolute Gasteiger partial charge is 0.121 e. The summed E-state index contributed by atoms with van der Waals surface area (Å²) in [4.78, 5) is 0. The third kappa shape index (κ3) is 10.1. The molecule has 4 aromatic rings. The highest BCUT2D eigenvalue weighted by Crippen LogP contribution is 2.64. The smallest absolute Gasteiger partial charge is 0.0375 e. The first kappa shape index (κ1) is 44.8. The molecular weight excluding hydrogens is 711 g/mol. The van der Waals surface area contributed by atoms with Gasteiger partial charge >= 0.3 is 0 Å². The fourth-order valence-corrected chi connectivity index (χ4v) is 11.7. The van der Waals surface area contributed by atoms with Gasteiger partial charge in [-0.15, -0.1) is 18.5 Å². The molecule has 56 heavy (non-hydrogen) atoms. The van der Waals surface area contributed by atoms with Gasteiger partial charge in [0.15, 0.2) is 0 Å².